The molecule has 0 atom stereocenters. The van der Waals surface area contributed by atoms with Crippen LogP contribution < -0.4 is 0 Å². The Morgan fingerprint density at radius 3 is 2.45 bits per heavy atom. The van der Waals surface area contributed by atoms with E-state index in [1.165, 1.54) is 31.2 Å². The normalized spacial score (nSPS) is 23.1. The Bertz CT molecular complexity index is 454. The average molecular weight is 274 g/mol. The summed E-state index contributed by atoms with van der Waals surface area (Å²) < 4.78 is 5.02. The first-order valence-electron chi connectivity index (χ1n) is 7.19. The topological polar surface area (TPSA) is 46.5 Å². The number of hydrogen-bond donors (Lipinski definition) is 1. The van der Waals surface area contributed by atoms with Gasteiger partial charge in [0, 0.05) is 7.11 Å². The molecule has 1 fully saturated rings. The van der Waals surface area contributed by atoms with Gasteiger partial charge in [-0.3, -0.25) is 0 Å². The molecule has 1 aromatic rings. The van der Waals surface area contributed by atoms with Gasteiger partial charge in [-0.25, -0.2) is 4.79 Å². The van der Waals surface area contributed by atoms with Crippen LogP contribution in [-0.4, -0.2) is 24.8 Å². The number of carboxylic acids is 1. The molecule has 0 amide bonds. The van der Waals surface area contributed by atoms with E-state index < -0.39 is 5.97 Å². The van der Waals surface area contributed by atoms with Crippen LogP contribution in [0.2, 0.25) is 0 Å². The van der Waals surface area contributed by atoms with E-state index in [1.54, 1.807) is 19.2 Å². The fourth-order valence-electron chi connectivity index (χ4n) is 2.89. The predicted octanol–water partition coefficient (Wildman–Crippen LogP) is 3.86. The van der Waals surface area contributed by atoms with Gasteiger partial charge in [0.25, 0.3) is 0 Å². The van der Waals surface area contributed by atoms with Crippen molar-refractivity contribution in [2.75, 3.05) is 13.7 Å². The number of allylic oxidation sites excluding steroid dienone is 1. The third-order valence-electron chi connectivity index (χ3n) is 4.07. The number of benzene rings is 1. The van der Waals surface area contributed by atoms with Crippen molar-refractivity contribution >= 4 is 5.97 Å². The number of aromatic carboxylic acids is 1. The van der Waals surface area contributed by atoms with Crippen molar-refractivity contribution in [1.29, 1.82) is 0 Å². The minimum Gasteiger partial charge on any atom is -0.478 e. The van der Waals surface area contributed by atoms with Crippen molar-refractivity contribution in [2.45, 2.75) is 31.6 Å². The molecule has 1 aliphatic rings. The summed E-state index contributed by atoms with van der Waals surface area (Å²) in [5.41, 5.74) is 1.64. The van der Waals surface area contributed by atoms with Crippen molar-refractivity contribution in [3.05, 3.63) is 47.5 Å². The third kappa shape index (κ3) is 3.94. The summed E-state index contributed by atoms with van der Waals surface area (Å²) in [7, 11) is 1.71. The van der Waals surface area contributed by atoms with Gasteiger partial charge in [0.05, 0.1) is 12.2 Å². The Labute approximate surface area is 120 Å². The Morgan fingerprint density at radius 1 is 1.25 bits per heavy atom. The van der Waals surface area contributed by atoms with Gasteiger partial charge in [-0.1, -0.05) is 24.3 Å². The molecule has 2 rings (SSSR count). The van der Waals surface area contributed by atoms with E-state index in [-0.39, 0.29) is 0 Å². The molecule has 0 bridgehead atoms. The Morgan fingerprint density at radius 2 is 1.90 bits per heavy atom. The number of carbonyl (C=O) groups is 1. The van der Waals surface area contributed by atoms with Gasteiger partial charge in [-0.15, -0.1) is 0 Å². The van der Waals surface area contributed by atoms with Gasteiger partial charge in [0.15, 0.2) is 0 Å². The summed E-state index contributed by atoms with van der Waals surface area (Å²) in [5, 5.41) is 8.91. The lowest BCUT2D eigenvalue weighted by molar-refractivity contribution is 0.0697. The molecule has 0 unspecified atom stereocenters. The second-order valence-corrected chi connectivity index (χ2v) is 5.42. The van der Waals surface area contributed by atoms with E-state index in [2.05, 4.69) is 12.2 Å². The molecule has 0 heterocycles. The van der Waals surface area contributed by atoms with Gasteiger partial charge in [0.1, 0.15) is 0 Å². The van der Waals surface area contributed by atoms with Crippen LogP contribution in [0.4, 0.5) is 0 Å². The zero-order valence-electron chi connectivity index (χ0n) is 11.9. The second kappa shape index (κ2) is 7.25. The van der Waals surface area contributed by atoms with Crippen molar-refractivity contribution in [2.24, 2.45) is 5.92 Å². The zero-order valence-corrected chi connectivity index (χ0v) is 11.9. The number of carboxylic acid groups (broad SMARTS) is 1. The van der Waals surface area contributed by atoms with Crippen LogP contribution in [-0.2, 0) is 4.74 Å². The van der Waals surface area contributed by atoms with Crippen LogP contribution in [0.15, 0.2) is 36.4 Å². The van der Waals surface area contributed by atoms with Crippen LogP contribution >= 0.6 is 0 Å². The van der Waals surface area contributed by atoms with Crippen LogP contribution in [0.5, 0.6) is 0 Å². The van der Waals surface area contributed by atoms with E-state index in [0.29, 0.717) is 24.0 Å². The Kier molecular flexibility index (Phi) is 5.36. The molecular weight excluding hydrogens is 252 g/mol. The molecule has 20 heavy (non-hydrogen) atoms. The number of ether oxygens (including phenoxy) is 1. The lowest BCUT2D eigenvalue weighted by Crippen LogP contribution is -2.12. The maximum absolute atomic E-state index is 10.8. The molecule has 1 aliphatic carbocycles. The van der Waals surface area contributed by atoms with Crippen LogP contribution in [0.25, 0.3) is 0 Å². The summed E-state index contributed by atoms with van der Waals surface area (Å²) in [5.74, 6) is 0.383. The quantitative estimate of drug-likeness (QED) is 0.829. The van der Waals surface area contributed by atoms with Crippen LogP contribution in [0, 0.1) is 5.92 Å². The van der Waals surface area contributed by atoms with Crippen molar-refractivity contribution in [1.82, 2.24) is 0 Å². The Hall–Kier alpha value is -1.61. The molecule has 0 aromatic heterocycles. The fraction of sp³-hybridized carbons (Fsp3) is 0.471. The predicted molar refractivity (Wildman–Crippen MR) is 79.1 cm³/mol. The summed E-state index contributed by atoms with van der Waals surface area (Å²) >= 11 is 0. The molecular formula is C17H22O3. The van der Waals surface area contributed by atoms with Crippen LogP contribution in [0.3, 0.4) is 0 Å². The largest absolute Gasteiger partial charge is 0.478 e. The first-order valence-corrected chi connectivity index (χ1v) is 7.19. The molecule has 3 heteroatoms. The minimum atomic E-state index is -0.858. The van der Waals surface area contributed by atoms with Crippen molar-refractivity contribution < 1.29 is 14.6 Å². The molecule has 1 N–H and O–H groups in total. The molecule has 0 radical (unpaired) electrons. The summed E-state index contributed by atoms with van der Waals surface area (Å²) in [6.45, 7) is 0.691. The monoisotopic (exact) mass is 274 g/mol. The maximum Gasteiger partial charge on any atom is 0.335 e. The highest BCUT2D eigenvalue weighted by atomic mass is 16.5. The van der Waals surface area contributed by atoms with Gasteiger partial charge < -0.3 is 9.84 Å². The second-order valence-electron chi connectivity index (χ2n) is 5.42. The van der Waals surface area contributed by atoms with Crippen LogP contribution in [0.1, 0.15) is 47.5 Å². The van der Waals surface area contributed by atoms with Crippen molar-refractivity contribution in [3.63, 3.8) is 0 Å². The molecule has 0 saturated heterocycles. The van der Waals surface area contributed by atoms with E-state index in [4.69, 9.17) is 9.84 Å². The first kappa shape index (κ1) is 14.8. The molecule has 108 valence electrons. The van der Waals surface area contributed by atoms with Gasteiger partial charge >= 0.3 is 5.97 Å². The average Bonchev–Trinajstić information content (AvgIpc) is 2.48. The van der Waals surface area contributed by atoms with E-state index in [0.717, 1.165) is 0 Å². The molecule has 1 aromatic carbocycles. The number of rotatable bonds is 5. The maximum atomic E-state index is 10.8. The molecule has 0 aliphatic heterocycles. The standard InChI is InChI=1S/C17H22O3/c1-20-12-2-3-13-4-6-14(7-5-13)15-8-10-16(11-9-15)17(18)19/h2-3,8-11,13-14H,4-7,12H2,1H3,(H,18,19)/b3-2+. The number of hydrogen-bond acceptors (Lipinski definition) is 2. The summed E-state index contributed by atoms with van der Waals surface area (Å²) in [6, 6.07) is 7.36. The summed E-state index contributed by atoms with van der Waals surface area (Å²) in [4.78, 5) is 10.8. The van der Waals surface area contributed by atoms with Crippen molar-refractivity contribution in [3.8, 4) is 0 Å². The lowest BCUT2D eigenvalue weighted by atomic mass is 9.78. The first-order chi connectivity index (χ1) is 9.70. The Balaban J connectivity index is 1.88. The number of methoxy groups -OCH3 is 1. The van der Waals surface area contributed by atoms with E-state index in [9.17, 15) is 4.79 Å². The smallest absolute Gasteiger partial charge is 0.335 e. The highest BCUT2D eigenvalue weighted by Crippen LogP contribution is 2.36. The highest BCUT2D eigenvalue weighted by Gasteiger charge is 2.20. The molecule has 0 spiro atoms. The lowest BCUT2D eigenvalue weighted by Gasteiger charge is -2.27. The SMILES string of the molecule is COC/C=C/C1CCC(c2ccc(C(=O)O)cc2)CC1. The third-order valence-corrected chi connectivity index (χ3v) is 4.07. The summed E-state index contributed by atoms with van der Waals surface area (Å²) in [6.07, 6.45) is 9.12. The van der Waals surface area contributed by atoms with Gasteiger partial charge in [0.2, 0.25) is 0 Å². The van der Waals surface area contributed by atoms with E-state index >= 15 is 0 Å². The molecule has 3 nitrogen and oxygen atoms in total. The van der Waals surface area contributed by atoms with Gasteiger partial charge in [-0.2, -0.15) is 0 Å². The van der Waals surface area contributed by atoms with Gasteiger partial charge in [-0.05, 0) is 55.2 Å². The zero-order chi connectivity index (χ0) is 14.4. The minimum absolute atomic E-state index is 0.366. The molecule has 1 saturated carbocycles. The fourth-order valence-corrected chi connectivity index (χ4v) is 2.89. The van der Waals surface area contributed by atoms with E-state index in [1.807, 2.05) is 12.1 Å². The highest BCUT2D eigenvalue weighted by molar-refractivity contribution is 5.87.